The van der Waals surface area contributed by atoms with Gasteiger partial charge >= 0.3 is 5.97 Å². The molecular weight excluding hydrogens is 334 g/mol. The van der Waals surface area contributed by atoms with Gasteiger partial charge in [-0.15, -0.1) is 12.4 Å². The van der Waals surface area contributed by atoms with Gasteiger partial charge in [-0.1, -0.05) is 27.7 Å². The zero-order chi connectivity index (χ0) is 17.7. The number of carbonyl (C=O) groups is 3. The Balaban J connectivity index is 0.00000529. The molecule has 0 radical (unpaired) electrons. The van der Waals surface area contributed by atoms with Crippen LogP contribution in [0, 0.1) is 17.8 Å². The number of hydrogen-bond donors (Lipinski definition) is 3. The second-order valence-electron chi connectivity index (χ2n) is 6.94. The Kier molecular flexibility index (Phi) is 9.29. The zero-order valence-electron chi connectivity index (χ0n) is 14.8. The smallest absolute Gasteiger partial charge is 0.326 e. The third-order valence-corrected chi connectivity index (χ3v) is 4.41. The van der Waals surface area contributed by atoms with Gasteiger partial charge in [-0.2, -0.15) is 0 Å². The van der Waals surface area contributed by atoms with Crippen molar-refractivity contribution in [1.29, 1.82) is 0 Å². The SMILES string of the molecule is CC(C)[C@H](N)C(=O)N1CCC(C(=O)N[C@H](C(=O)O)C(C)C)CC1.Cl. The number of piperidine rings is 1. The van der Waals surface area contributed by atoms with E-state index in [0.717, 1.165) is 0 Å². The molecule has 0 aromatic carbocycles. The van der Waals surface area contributed by atoms with Gasteiger partial charge in [0.25, 0.3) is 0 Å². The summed E-state index contributed by atoms with van der Waals surface area (Å²) in [6.07, 6.45) is 1.07. The molecule has 0 aromatic heterocycles. The molecule has 8 heteroatoms. The highest BCUT2D eigenvalue weighted by Gasteiger charge is 2.32. The summed E-state index contributed by atoms with van der Waals surface area (Å²) in [5, 5.41) is 11.7. The van der Waals surface area contributed by atoms with Crippen LogP contribution in [-0.4, -0.2) is 53.0 Å². The van der Waals surface area contributed by atoms with Crippen LogP contribution in [0.25, 0.3) is 0 Å². The van der Waals surface area contributed by atoms with Crippen molar-refractivity contribution in [3.63, 3.8) is 0 Å². The summed E-state index contributed by atoms with van der Waals surface area (Å²) < 4.78 is 0. The number of likely N-dealkylation sites (tertiary alicyclic amines) is 1. The molecule has 0 saturated carbocycles. The van der Waals surface area contributed by atoms with E-state index < -0.39 is 18.1 Å². The fourth-order valence-electron chi connectivity index (χ4n) is 2.64. The third-order valence-electron chi connectivity index (χ3n) is 4.41. The van der Waals surface area contributed by atoms with Crippen LogP contribution in [0.5, 0.6) is 0 Å². The third kappa shape index (κ3) is 5.94. The first kappa shape index (κ1) is 22.7. The second-order valence-corrected chi connectivity index (χ2v) is 6.94. The summed E-state index contributed by atoms with van der Waals surface area (Å²) in [6, 6.07) is -1.39. The van der Waals surface area contributed by atoms with Crippen molar-refractivity contribution in [1.82, 2.24) is 10.2 Å². The van der Waals surface area contributed by atoms with E-state index in [1.54, 1.807) is 18.7 Å². The maximum Gasteiger partial charge on any atom is 0.326 e. The standard InChI is InChI=1S/C16H29N3O4.ClH/c1-9(2)12(17)15(21)19-7-5-11(6-8-19)14(20)18-13(10(3)4)16(22)23;/h9-13H,5-8,17H2,1-4H3,(H,18,20)(H,22,23);1H/t12-,13-;/m0./s1. The van der Waals surface area contributed by atoms with Crippen LogP contribution in [0.1, 0.15) is 40.5 Å². The average molecular weight is 364 g/mol. The molecule has 24 heavy (non-hydrogen) atoms. The van der Waals surface area contributed by atoms with Crippen LogP contribution in [0.3, 0.4) is 0 Å². The largest absolute Gasteiger partial charge is 0.480 e. The van der Waals surface area contributed by atoms with E-state index in [1.807, 2.05) is 13.8 Å². The van der Waals surface area contributed by atoms with Crippen molar-refractivity contribution in [2.24, 2.45) is 23.5 Å². The quantitative estimate of drug-likeness (QED) is 0.647. The molecule has 0 aromatic rings. The minimum absolute atomic E-state index is 0. The van der Waals surface area contributed by atoms with Crippen molar-refractivity contribution < 1.29 is 19.5 Å². The fourth-order valence-corrected chi connectivity index (χ4v) is 2.64. The Morgan fingerprint density at radius 2 is 1.58 bits per heavy atom. The van der Waals surface area contributed by atoms with Gasteiger partial charge in [0.05, 0.1) is 6.04 Å². The molecule has 0 aliphatic carbocycles. The lowest BCUT2D eigenvalue weighted by atomic mass is 9.93. The number of carbonyl (C=O) groups excluding carboxylic acids is 2. The summed E-state index contributed by atoms with van der Waals surface area (Å²) in [5.41, 5.74) is 5.88. The highest BCUT2D eigenvalue weighted by molar-refractivity contribution is 5.86. The first-order valence-corrected chi connectivity index (χ1v) is 8.22. The number of hydrogen-bond acceptors (Lipinski definition) is 4. The summed E-state index contributed by atoms with van der Waals surface area (Å²) in [4.78, 5) is 37.3. The summed E-state index contributed by atoms with van der Waals surface area (Å²) >= 11 is 0. The number of halogens is 1. The Hall–Kier alpha value is -1.34. The van der Waals surface area contributed by atoms with Crippen LogP contribution < -0.4 is 11.1 Å². The molecule has 1 aliphatic heterocycles. The van der Waals surface area contributed by atoms with E-state index in [1.165, 1.54) is 0 Å². The normalized spacial score (nSPS) is 18.0. The summed E-state index contributed by atoms with van der Waals surface area (Å²) in [7, 11) is 0. The van der Waals surface area contributed by atoms with Crippen molar-refractivity contribution >= 4 is 30.2 Å². The maximum absolute atomic E-state index is 12.2. The number of carboxylic acid groups (broad SMARTS) is 1. The molecule has 0 spiro atoms. The van der Waals surface area contributed by atoms with Gasteiger partial charge < -0.3 is 21.1 Å². The number of amides is 2. The molecule has 0 bridgehead atoms. The van der Waals surface area contributed by atoms with E-state index in [9.17, 15) is 14.4 Å². The lowest BCUT2D eigenvalue weighted by Crippen LogP contribution is -2.52. The van der Waals surface area contributed by atoms with Gasteiger partial charge in [0, 0.05) is 19.0 Å². The zero-order valence-corrected chi connectivity index (χ0v) is 15.6. The molecule has 140 valence electrons. The molecule has 1 aliphatic rings. The molecule has 0 unspecified atom stereocenters. The Morgan fingerprint density at radius 3 is 1.96 bits per heavy atom. The van der Waals surface area contributed by atoms with Gasteiger partial charge in [-0.25, -0.2) is 4.79 Å². The van der Waals surface area contributed by atoms with Crippen molar-refractivity contribution in [2.45, 2.75) is 52.6 Å². The van der Waals surface area contributed by atoms with E-state index in [0.29, 0.717) is 25.9 Å². The van der Waals surface area contributed by atoms with E-state index in [4.69, 9.17) is 10.8 Å². The van der Waals surface area contributed by atoms with Gasteiger partial charge in [0.15, 0.2) is 0 Å². The van der Waals surface area contributed by atoms with Crippen molar-refractivity contribution in [3.05, 3.63) is 0 Å². The molecule has 1 rings (SSSR count). The fraction of sp³-hybridized carbons (Fsp3) is 0.812. The lowest BCUT2D eigenvalue weighted by Gasteiger charge is -2.34. The Morgan fingerprint density at radius 1 is 1.08 bits per heavy atom. The molecule has 7 nitrogen and oxygen atoms in total. The van der Waals surface area contributed by atoms with Crippen LogP contribution in [0.15, 0.2) is 0 Å². The van der Waals surface area contributed by atoms with Crippen LogP contribution >= 0.6 is 12.4 Å². The van der Waals surface area contributed by atoms with Gasteiger partial charge in [-0.05, 0) is 24.7 Å². The number of rotatable bonds is 6. The first-order chi connectivity index (χ1) is 10.6. The number of nitrogens with one attached hydrogen (secondary N) is 1. The lowest BCUT2D eigenvalue weighted by molar-refractivity contribution is -0.144. The average Bonchev–Trinajstić information content (AvgIpc) is 2.50. The number of aliphatic carboxylic acids is 1. The monoisotopic (exact) mass is 363 g/mol. The van der Waals surface area contributed by atoms with Crippen molar-refractivity contribution in [2.75, 3.05) is 13.1 Å². The number of carboxylic acids is 1. The van der Waals surface area contributed by atoms with Crippen LogP contribution in [0.2, 0.25) is 0 Å². The number of nitrogens with zero attached hydrogens (tertiary/aromatic N) is 1. The maximum atomic E-state index is 12.2. The van der Waals surface area contributed by atoms with E-state index >= 15 is 0 Å². The minimum Gasteiger partial charge on any atom is -0.480 e. The molecule has 1 saturated heterocycles. The minimum atomic E-state index is -1.02. The second kappa shape index (κ2) is 9.84. The molecule has 4 N–H and O–H groups in total. The Bertz CT molecular complexity index is 449. The number of nitrogens with two attached hydrogens (primary N) is 1. The summed E-state index contributed by atoms with van der Waals surface area (Å²) in [6.45, 7) is 8.29. The van der Waals surface area contributed by atoms with Gasteiger partial charge in [0.2, 0.25) is 11.8 Å². The van der Waals surface area contributed by atoms with Crippen LogP contribution in [0.4, 0.5) is 0 Å². The predicted octanol–water partition coefficient (Wildman–Crippen LogP) is 0.856. The first-order valence-electron chi connectivity index (χ1n) is 8.22. The summed E-state index contributed by atoms with van der Waals surface area (Å²) in [5.74, 6) is -1.71. The van der Waals surface area contributed by atoms with E-state index in [-0.39, 0.29) is 42.0 Å². The molecule has 2 atom stereocenters. The van der Waals surface area contributed by atoms with Gasteiger partial charge in [0.1, 0.15) is 6.04 Å². The highest BCUT2D eigenvalue weighted by Crippen LogP contribution is 2.19. The molecule has 2 amide bonds. The molecule has 1 heterocycles. The topological polar surface area (TPSA) is 113 Å². The Labute approximate surface area is 149 Å². The van der Waals surface area contributed by atoms with Crippen molar-refractivity contribution in [3.8, 4) is 0 Å². The molecular formula is C16H30ClN3O4. The predicted molar refractivity (Wildman–Crippen MR) is 93.8 cm³/mol. The van der Waals surface area contributed by atoms with Gasteiger partial charge in [-0.3, -0.25) is 9.59 Å². The molecule has 1 fully saturated rings. The highest BCUT2D eigenvalue weighted by atomic mass is 35.5. The van der Waals surface area contributed by atoms with E-state index in [2.05, 4.69) is 5.32 Å². The van der Waals surface area contributed by atoms with Crippen LogP contribution in [-0.2, 0) is 14.4 Å².